The van der Waals surface area contributed by atoms with Crippen LogP contribution in [0.15, 0.2) is 58.9 Å². The van der Waals surface area contributed by atoms with Gasteiger partial charge in [0.05, 0.1) is 23.5 Å². The lowest BCUT2D eigenvalue weighted by atomic mass is 10.1. The molecule has 3 heterocycles. The van der Waals surface area contributed by atoms with Crippen molar-refractivity contribution in [3.63, 3.8) is 0 Å². The number of carbonyl (C=O) groups is 3. The molecule has 2 amide bonds. The molecule has 1 aromatic carbocycles. The summed E-state index contributed by atoms with van der Waals surface area (Å²) in [7, 11) is -4.18. The van der Waals surface area contributed by atoms with Crippen LogP contribution in [0.5, 0.6) is 0 Å². The molecule has 4 rings (SSSR count). The summed E-state index contributed by atoms with van der Waals surface area (Å²) in [5.41, 5.74) is 1.86. The lowest BCUT2D eigenvalue weighted by molar-refractivity contribution is -0.139. The Labute approximate surface area is 260 Å². The Kier molecular flexibility index (Phi) is 11.1. The molecule has 2 aromatic heterocycles. The molecular formula is C30H37N5O7S2. The third-order valence-corrected chi connectivity index (χ3v) is 9.86. The van der Waals surface area contributed by atoms with Crippen molar-refractivity contribution in [1.29, 1.82) is 0 Å². The minimum Gasteiger partial charge on any atom is -0.480 e. The van der Waals surface area contributed by atoms with Gasteiger partial charge in [-0.05, 0) is 61.9 Å². The van der Waals surface area contributed by atoms with Crippen LogP contribution in [-0.4, -0.2) is 85.6 Å². The first-order valence-corrected chi connectivity index (χ1v) is 16.5. The summed E-state index contributed by atoms with van der Waals surface area (Å²) in [6.45, 7) is 5.00. The van der Waals surface area contributed by atoms with Gasteiger partial charge in [0, 0.05) is 30.7 Å². The van der Waals surface area contributed by atoms with Crippen molar-refractivity contribution in [3.05, 3.63) is 75.6 Å². The molecule has 1 aliphatic heterocycles. The maximum Gasteiger partial charge on any atom is 0.323 e. The number of pyridine rings is 1. The van der Waals surface area contributed by atoms with Crippen molar-refractivity contribution in [2.45, 2.75) is 56.7 Å². The molecule has 3 atom stereocenters. The van der Waals surface area contributed by atoms with Gasteiger partial charge in [-0.25, -0.2) is 13.4 Å². The topological polar surface area (TPSA) is 167 Å². The molecule has 236 valence electrons. The number of anilines is 1. The van der Waals surface area contributed by atoms with Crippen molar-refractivity contribution in [2.24, 2.45) is 0 Å². The molecule has 1 fully saturated rings. The van der Waals surface area contributed by atoms with Crippen LogP contribution in [0, 0.1) is 20.8 Å². The number of aryl methyl sites for hydroxylation is 3. The number of aliphatic carboxylic acids is 1. The van der Waals surface area contributed by atoms with Gasteiger partial charge in [-0.1, -0.05) is 29.8 Å². The average molecular weight is 644 g/mol. The number of carboxylic acids is 1. The normalized spacial score (nSPS) is 17.3. The second kappa shape index (κ2) is 14.8. The van der Waals surface area contributed by atoms with E-state index < -0.39 is 40.6 Å². The maximum absolute atomic E-state index is 13.2. The molecule has 1 saturated heterocycles. The zero-order valence-electron chi connectivity index (χ0n) is 24.8. The Morgan fingerprint density at radius 1 is 1.14 bits per heavy atom. The van der Waals surface area contributed by atoms with Gasteiger partial charge in [0.15, 0.2) is 0 Å². The summed E-state index contributed by atoms with van der Waals surface area (Å²) in [5, 5.41) is 17.3. The van der Waals surface area contributed by atoms with E-state index in [1.54, 1.807) is 37.1 Å². The Hall–Kier alpha value is -3.85. The van der Waals surface area contributed by atoms with Gasteiger partial charge in [-0.2, -0.15) is 4.72 Å². The summed E-state index contributed by atoms with van der Waals surface area (Å²) in [4.78, 5) is 44.6. The van der Waals surface area contributed by atoms with Crippen molar-refractivity contribution in [3.8, 4) is 0 Å². The highest BCUT2D eigenvalue weighted by Crippen LogP contribution is 2.24. The number of thiophene rings is 1. The highest BCUT2D eigenvalue weighted by Gasteiger charge is 2.36. The van der Waals surface area contributed by atoms with Crippen LogP contribution in [0.2, 0.25) is 0 Å². The number of likely N-dealkylation sites (tertiary alicyclic amines) is 1. The van der Waals surface area contributed by atoms with Crippen molar-refractivity contribution >= 4 is 45.0 Å². The van der Waals surface area contributed by atoms with E-state index in [1.807, 2.05) is 42.6 Å². The molecule has 1 aliphatic rings. The van der Waals surface area contributed by atoms with Gasteiger partial charge in [-0.3, -0.25) is 14.4 Å². The molecule has 0 spiro atoms. The summed E-state index contributed by atoms with van der Waals surface area (Å²) < 4.78 is 34.1. The van der Waals surface area contributed by atoms with Crippen molar-refractivity contribution in [2.75, 3.05) is 31.6 Å². The number of carbonyl (C=O) groups excluding carboxylic acids is 2. The van der Waals surface area contributed by atoms with E-state index in [0.717, 1.165) is 10.4 Å². The van der Waals surface area contributed by atoms with Gasteiger partial charge in [0.25, 0.3) is 0 Å². The molecular weight excluding hydrogens is 606 g/mol. The number of carboxylic acid groups (broad SMARTS) is 1. The molecule has 0 saturated carbocycles. The second-order valence-corrected chi connectivity index (χ2v) is 13.4. The Morgan fingerprint density at radius 3 is 2.52 bits per heavy atom. The van der Waals surface area contributed by atoms with Gasteiger partial charge in [-0.15, -0.1) is 11.3 Å². The standard InChI is InChI=1S/C30H37N5O7S2/c1-19-11-20(2)29(21(3)12-19)44(40,41)34-25(30(38)39)16-33-27(36)18-42-23-13-22(15-32-26-8-4-5-9-31-26)35(17-23)28(37)14-24-7-6-10-43-24/h4-12,22-23,25,34H,13-18H2,1-3H3,(H,31,32)(H,33,36)(H,38,39)/t22-,23+,25-/m0/s1. The van der Waals surface area contributed by atoms with Crippen LogP contribution >= 0.6 is 11.3 Å². The van der Waals surface area contributed by atoms with Crippen LogP contribution in [0.1, 0.15) is 28.0 Å². The molecule has 0 aliphatic carbocycles. The molecule has 0 bridgehead atoms. The zero-order chi connectivity index (χ0) is 31.9. The van der Waals surface area contributed by atoms with Gasteiger partial charge in [0.2, 0.25) is 21.8 Å². The lowest BCUT2D eigenvalue weighted by Gasteiger charge is -2.24. The Balaban J connectivity index is 1.32. The molecule has 12 nitrogen and oxygen atoms in total. The second-order valence-electron chi connectivity index (χ2n) is 10.8. The van der Waals surface area contributed by atoms with E-state index in [4.69, 9.17) is 4.74 Å². The fourth-order valence-corrected chi connectivity index (χ4v) is 7.66. The summed E-state index contributed by atoms with van der Waals surface area (Å²) >= 11 is 1.51. The molecule has 44 heavy (non-hydrogen) atoms. The largest absolute Gasteiger partial charge is 0.480 e. The Bertz CT molecular complexity index is 1540. The number of amides is 2. The zero-order valence-corrected chi connectivity index (χ0v) is 26.4. The average Bonchev–Trinajstić information content (AvgIpc) is 3.62. The minimum absolute atomic E-state index is 0.00973. The smallest absolute Gasteiger partial charge is 0.323 e. The number of benzene rings is 1. The van der Waals surface area contributed by atoms with Crippen LogP contribution in [0.4, 0.5) is 5.82 Å². The number of hydrogen-bond acceptors (Lipinski definition) is 9. The van der Waals surface area contributed by atoms with Gasteiger partial charge < -0.3 is 25.4 Å². The highest BCUT2D eigenvalue weighted by molar-refractivity contribution is 7.89. The highest BCUT2D eigenvalue weighted by atomic mass is 32.2. The number of rotatable bonds is 14. The number of aromatic nitrogens is 1. The van der Waals surface area contributed by atoms with Crippen LogP contribution < -0.4 is 15.4 Å². The third kappa shape index (κ3) is 8.85. The molecule has 3 aromatic rings. The third-order valence-electron chi connectivity index (χ3n) is 7.21. The number of hydrogen-bond donors (Lipinski definition) is 4. The predicted molar refractivity (Wildman–Crippen MR) is 166 cm³/mol. The maximum atomic E-state index is 13.2. The lowest BCUT2D eigenvalue weighted by Crippen LogP contribution is -2.49. The number of sulfonamides is 1. The number of nitrogens with one attached hydrogen (secondary N) is 3. The van der Waals surface area contributed by atoms with E-state index in [2.05, 4.69) is 20.3 Å². The first-order valence-electron chi connectivity index (χ1n) is 14.1. The molecule has 0 radical (unpaired) electrons. The first-order chi connectivity index (χ1) is 20.9. The molecule has 14 heteroatoms. The summed E-state index contributed by atoms with van der Waals surface area (Å²) in [5.74, 6) is -1.41. The first kappa shape index (κ1) is 33.1. The van der Waals surface area contributed by atoms with Gasteiger partial charge >= 0.3 is 5.97 Å². The van der Waals surface area contributed by atoms with Crippen LogP contribution in [0.3, 0.4) is 0 Å². The van der Waals surface area contributed by atoms with Gasteiger partial charge in [0.1, 0.15) is 18.5 Å². The van der Waals surface area contributed by atoms with E-state index >= 15 is 0 Å². The van der Waals surface area contributed by atoms with Crippen molar-refractivity contribution in [1.82, 2.24) is 19.9 Å². The number of nitrogens with zero attached hydrogens (tertiary/aromatic N) is 2. The van der Waals surface area contributed by atoms with E-state index in [1.165, 1.54) is 11.3 Å². The quantitative estimate of drug-likeness (QED) is 0.206. The number of ether oxygens (including phenoxy) is 1. The molecule has 4 N–H and O–H groups in total. The minimum atomic E-state index is -4.18. The fourth-order valence-electron chi connectivity index (χ4n) is 5.32. The van der Waals surface area contributed by atoms with Crippen LogP contribution in [-0.2, 0) is 35.6 Å². The fraction of sp³-hybridized carbons (Fsp3) is 0.400. The van der Waals surface area contributed by atoms with E-state index in [-0.39, 0.29) is 29.9 Å². The SMILES string of the molecule is Cc1cc(C)c(S(=O)(=O)N[C@@H](CNC(=O)CO[C@@H]2C[C@@H](CNc3ccccn3)N(C(=O)Cc3cccs3)C2)C(=O)O)c(C)c1. The predicted octanol–water partition coefficient (Wildman–Crippen LogP) is 2.26. The van der Waals surface area contributed by atoms with Crippen LogP contribution in [0.25, 0.3) is 0 Å². The Morgan fingerprint density at radius 2 is 1.89 bits per heavy atom. The van der Waals surface area contributed by atoms with E-state index in [9.17, 15) is 27.9 Å². The monoisotopic (exact) mass is 643 g/mol. The summed E-state index contributed by atoms with van der Waals surface area (Å²) in [6.07, 6.45) is 1.99. The van der Waals surface area contributed by atoms with Crippen molar-refractivity contribution < 1.29 is 32.6 Å². The molecule has 0 unspecified atom stereocenters. The van der Waals surface area contributed by atoms with E-state index in [0.29, 0.717) is 36.5 Å². The summed E-state index contributed by atoms with van der Waals surface area (Å²) in [6, 6.07) is 10.9.